The molecule has 0 aliphatic heterocycles. The molecule has 0 aromatic heterocycles. The van der Waals surface area contributed by atoms with Crippen molar-refractivity contribution >= 4 is 5.76 Å². The molecule has 1 heteroatoms. The molecule has 1 rings (SSSR count). The van der Waals surface area contributed by atoms with E-state index < -0.39 is 0 Å². The molecule has 94 valence electrons. The number of ether oxygens (including phenoxy) is 1. The number of benzene rings is 1. The van der Waals surface area contributed by atoms with E-state index in [1.165, 1.54) is 5.56 Å². The smallest absolute Gasteiger partial charge is 0.126 e. The predicted molar refractivity (Wildman–Crippen MR) is 79.3 cm³/mol. The van der Waals surface area contributed by atoms with Gasteiger partial charge in [-0.15, -0.1) is 0 Å². The predicted octanol–water partition coefficient (Wildman–Crippen LogP) is 4.67. The van der Waals surface area contributed by atoms with Crippen LogP contribution < -0.4 is 0 Å². The minimum Gasteiger partial charge on any atom is -0.493 e. The molecule has 0 unspecified atom stereocenters. The van der Waals surface area contributed by atoms with Gasteiger partial charge in [-0.05, 0) is 26.0 Å². The number of hydrogen-bond acceptors (Lipinski definition) is 1. The van der Waals surface area contributed by atoms with Crippen LogP contribution >= 0.6 is 0 Å². The molecular weight excluding hydrogens is 220 g/mol. The van der Waals surface area contributed by atoms with Crippen LogP contribution in [-0.4, -0.2) is 6.61 Å². The highest BCUT2D eigenvalue weighted by atomic mass is 16.5. The van der Waals surface area contributed by atoms with Gasteiger partial charge in [-0.2, -0.15) is 0 Å². The second-order valence-electron chi connectivity index (χ2n) is 3.84. The monoisotopic (exact) mass is 240 g/mol. The van der Waals surface area contributed by atoms with Crippen LogP contribution in [0, 0.1) is 6.92 Å². The third-order valence-corrected chi connectivity index (χ3v) is 2.32. The Morgan fingerprint density at radius 1 is 1.22 bits per heavy atom. The number of rotatable bonds is 6. The van der Waals surface area contributed by atoms with E-state index in [1.54, 1.807) is 6.08 Å². The summed E-state index contributed by atoms with van der Waals surface area (Å²) in [4.78, 5) is 0. The Kier molecular flexibility index (Phi) is 6.34. The van der Waals surface area contributed by atoms with Crippen molar-refractivity contribution in [2.24, 2.45) is 0 Å². The van der Waals surface area contributed by atoms with Crippen molar-refractivity contribution in [2.75, 3.05) is 6.61 Å². The second-order valence-corrected chi connectivity index (χ2v) is 3.84. The molecule has 0 fully saturated rings. The van der Waals surface area contributed by atoms with Crippen molar-refractivity contribution < 1.29 is 4.74 Å². The van der Waals surface area contributed by atoms with Gasteiger partial charge in [0.2, 0.25) is 0 Å². The Morgan fingerprint density at radius 3 is 2.67 bits per heavy atom. The van der Waals surface area contributed by atoms with Crippen LogP contribution in [-0.2, 0) is 4.74 Å². The molecule has 0 N–H and O–H groups in total. The fraction of sp³-hybridized carbons (Fsp3) is 0.176. The average molecular weight is 240 g/mol. The van der Waals surface area contributed by atoms with Crippen molar-refractivity contribution in [3.8, 4) is 0 Å². The third kappa shape index (κ3) is 4.88. The van der Waals surface area contributed by atoms with Gasteiger partial charge in [-0.25, -0.2) is 0 Å². The summed E-state index contributed by atoms with van der Waals surface area (Å²) >= 11 is 0. The molecule has 1 aromatic rings. The molecule has 1 aromatic carbocycles. The summed E-state index contributed by atoms with van der Waals surface area (Å²) < 4.78 is 5.66. The first-order valence-electron chi connectivity index (χ1n) is 6.13. The molecule has 0 spiro atoms. The summed E-state index contributed by atoms with van der Waals surface area (Å²) in [6.45, 7) is 8.35. The van der Waals surface area contributed by atoms with Crippen LogP contribution in [0.2, 0.25) is 0 Å². The van der Waals surface area contributed by atoms with Gasteiger partial charge >= 0.3 is 0 Å². The zero-order chi connectivity index (χ0) is 13.2. The Hall–Kier alpha value is -2.02. The topological polar surface area (TPSA) is 9.23 Å². The first-order chi connectivity index (χ1) is 8.77. The Labute approximate surface area is 110 Å². The Balaban J connectivity index is 2.88. The first-order valence-corrected chi connectivity index (χ1v) is 6.13. The van der Waals surface area contributed by atoms with Crippen LogP contribution in [0.4, 0.5) is 0 Å². The molecule has 0 saturated heterocycles. The summed E-state index contributed by atoms with van der Waals surface area (Å²) in [5, 5.41) is 0. The van der Waals surface area contributed by atoms with Gasteiger partial charge in [0.15, 0.2) is 0 Å². The third-order valence-electron chi connectivity index (χ3n) is 2.32. The van der Waals surface area contributed by atoms with E-state index >= 15 is 0 Å². The lowest BCUT2D eigenvalue weighted by Crippen LogP contribution is -1.91. The summed E-state index contributed by atoms with van der Waals surface area (Å²) in [6.07, 6.45) is 11.5. The zero-order valence-electron chi connectivity index (χ0n) is 11.1. The molecule has 0 saturated carbocycles. The first kappa shape index (κ1) is 14.0. The van der Waals surface area contributed by atoms with E-state index in [1.807, 2.05) is 43.4 Å². The van der Waals surface area contributed by atoms with Gasteiger partial charge < -0.3 is 4.74 Å². The van der Waals surface area contributed by atoms with Gasteiger partial charge in [0, 0.05) is 5.56 Å². The maximum atomic E-state index is 5.66. The Bertz CT molecular complexity index is 464. The van der Waals surface area contributed by atoms with Crippen molar-refractivity contribution in [1.29, 1.82) is 0 Å². The zero-order valence-corrected chi connectivity index (χ0v) is 11.1. The van der Waals surface area contributed by atoms with Gasteiger partial charge in [-0.1, -0.05) is 60.7 Å². The summed E-state index contributed by atoms with van der Waals surface area (Å²) in [6, 6.07) is 8.30. The summed E-state index contributed by atoms with van der Waals surface area (Å²) in [7, 11) is 0. The maximum Gasteiger partial charge on any atom is 0.126 e. The highest BCUT2D eigenvalue weighted by Gasteiger charge is 2.00. The fourth-order valence-electron chi connectivity index (χ4n) is 1.53. The lowest BCUT2D eigenvalue weighted by atomic mass is 10.1. The molecule has 0 bridgehead atoms. The summed E-state index contributed by atoms with van der Waals surface area (Å²) in [5.74, 6) is 0.893. The molecule has 1 nitrogen and oxygen atoms in total. The number of aryl methyl sites for hydroxylation is 1. The average Bonchev–Trinajstić information content (AvgIpc) is 2.37. The lowest BCUT2D eigenvalue weighted by Gasteiger charge is -2.08. The van der Waals surface area contributed by atoms with Crippen molar-refractivity contribution in [1.82, 2.24) is 0 Å². The molecule has 0 radical (unpaired) electrons. The summed E-state index contributed by atoms with van der Waals surface area (Å²) in [5.41, 5.74) is 2.34. The van der Waals surface area contributed by atoms with Gasteiger partial charge in [0.1, 0.15) is 5.76 Å². The van der Waals surface area contributed by atoms with E-state index in [2.05, 4.69) is 31.7 Å². The highest BCUT2D eigenvalue weighted by Crippen LogP contribution is 2.17. The van der Waals surface area contributed by atoms with E-state index in [0.717, 1.165) is 11.3 Å². The van der Waals surface area contributed by atoms with Gasteiger partial charge in [0.25, 0.3) is 0 Å². The molecular formula is C17H20O. The minimum atomic E-state index is 0.663. The van der Waals surface area contributed by atoms with Crippen LogP contribution in [0.25, 0.3) is 5.76 Å². The quantitative estimate of drug-likeness (QED) is 0.518. The minimum absolute atomic E-state index is 0.663. The maximum absolute atomic E-state index is 5.66. The molecule has 18 heavy (non-hydrogen) atoms. The SMILES string of the molecule is C=C/C=C/C=C/C=C(\OCC)c1cccc(C)c1. The highest BCUT2D eigenvalue weighted by molar-refractivity contribution is 5.62. The molecule has 0 amide bonds. The molecule has 0 aliphatic carbocycles. The van der Waals surface area contributed by atoms with E-state index in [0.29, 0.717) is 6.61 Å². The number of allylic oxidation sites excluding steroid dienone is 6. The van der Waals surface area contributed by atoms with Crippen LogP contribution in [0.15, 0.2) is 67.3 Å². The number of hydrogen-bond donors (Lipinski definition) is 0. The fourth-order valence-corrected chi connectivity index (χ4v) is 1.53. The van der Waals surface area contributed by atoms with E-state index in [4.69, 9.17) is 4.74 Å². The van der Waals surface area contributed by atoms with Gasteiger partial charge in [0.05, 0.1) is 6.61 Å². The van der Waals surface area contributed by atoms with E-state index in [-0.39, 0.29) is 0 Å². The van der Waals surface area contributed by atoms with Crippen LogP contribution in [0.3, 0.4) is 0 Å². The molecule has 0 heterocycles. The van der Waals surface area contributed by atoms with Crippen LogP contribution in [0.5, 0.6) is 0 Å². The van der Waals surface area contributed by atoms with Crippen molar-refractivity contribution in [2.45, 2.75) is 13.8 Å². The Morgan fingerprint density at radius 2 is 2.00 bits per heavy atom. The van der Waals surface area contributed by atoms with Crippen molar-refractivity contribution in [3.63, 3.8) is 0 Å². The molecule has 0 atom stereocenters. The normalized spacial score (nSPS) is 12.2. The lowest BCUT2D eigenvalue weighted by molar-refractivity contribution is 0.298. The second kappa shape index (κ2) is 8.13. The van der Waals surface area contributed by atoms with Crippen molar-refractivity contribution in [3.05, 3.63) is 78.4 Å². The van der Waals surface area contributed by atoms with Gasteiger partial charge in [-0.3, -0.25) is 0 Å². The largest absolute Gasteiger partial charge is 0.493 e. The van der Waals surface area contributed by atoms with E-state index in [9.17, 15) is 0 Å². The standard InChI is InChI=1S/C17H20O/c1-4-6-7-8-9-13-17(18-5-2)16-12-10-11-15(3)14-16/h4,6-14H,1,5H2,2-3H3/b7-6+,9-8+,17-13-. The van der Waals surface area contributed by atoms with Crippen LogP contribution in [0.1, 0.15) is 18.1 Å². The molecule has 0 aliphatic rings.